The van der Waals surface area contributed by atoms with Crippen LogP contribution in [0.3, 0.4) is 0 Å². The number of ether oxygens (including phenoxy) is 1. The van der Waals surface area contributed by atoms with Crippen molar-refractivity contribution in [1.82, 2.24) is 4.98 Å². The molecular weight excluding hydrogens is 208 g/mol. The molecule has 1 aromatic heterocycles. The van der Waals surface area contributed by atoms with Gasteiger partial charge in [0.15, 0.2) is 0 Å². The van der Waals surface area contributed by atoms with E-state index in [1.807, 2.05) is 43.0 Å². The Bertz CT molecular complexity index is 397. The average Bonchev–Trinajstić information content (AvgIpc) is 2.80. The summed E-state index contributed by atoms with van der Waals surface area (Å²) in [6, 6.07) is 7.88. The largest absolute Gasteiger partial charge is 0.488 e. The van der Waals surface area contributed by atoms with Crippen LogP contribution in [0.25, 0.3) is 0 Å². The van der Waals surface area contributed by atoms with Gasteiger partial charge in [-0.3, -0.25) is 4.98 Å². The summed E-state index contributed by atoms with van der Waals surface area (Å²) in [6.45, 7) is 0.587. The molecule has 0 bridgehead atoms. The summed E-state index contributed by atoms with van der Waals surface area (Å²) in [6.07, 6.45) is 1.83. The summed E-state index contributed by atoms with van der Waals surface area (Å²) in [5.74, 6) is 0.877. The highest BCUT2D eigenvalue weighted by atomic mass is 32.1. The molecule has 0 amide bonds. The molecule has 0 saturated carbocycles. The van der Waals surface area contributed by atoms with Gasteiger partial charge in [-0.2, -0.15) is 0 Å². The smallest absolute Gasteiger partial charge is 0.124 e. The number of rotatable bonds is 4. The second kappa shape index (κ2) is 4.79. The molecular formula is C11H12N2OS. The van der Waals surface area contributed by atoms with Crippen LogP contribution < -0.4 is 10.1 Å². The van der Waals surface area contributed by atoms with Crippen molar-refractivity contribution in [3.8, 4) is 5.75 Å². The van der Waals surface area contributed by atoms with Gasteiger partial charge in [-0.15, -0.1) is 11.3 Å². The number of aromatic nitrogens is 1. The van der Waals surface area contributed by atoms with E-state index in [4.69, 9.17) is 4.74 Å². The number of thiazole rings is 1. The lowest BCUT2D eigenvalue weighted by Gasteiger charge is -2.05. The number of hydrogen-bond acceptors (Lipinski definition) is 4. The first kappa shape index (κ1) is 9.98. The molecule has 15 heavy (non-hydrogen) atoms. The Labute approximate surface area is 92.7 Å². The van der Waals surface area contributed by atoms with Crippen molar-refractivity contribution < 1.29 is 4.74 Å². The minimum atomic E-state index is 0.587. The Morgan fingerprint density at radius 1 is 1.33 bits per heavy atom. The van der Waals surface area contributed by atoms with E-state index < -0.39 is 0 Å². The molecule has 78 valence electrons. The van der Waals surface area contributed by atoms with E-state index in [1.165, 1.54) is 0 Å². The molecule has 3 nitrogen and oxygen atoms in total. The fourth-order valence-electron chi connectivity index (χ4n) is 1.19. The van der Waals surface area contributed by atoms with Crippen molar-refractivity contribution in [1.29, 1.82) is 0 Å². The molecule has 0 aliphatic rings. The first-order chi connectivity index (χ1) is 7.38. The van der Waals surface area contributed by atoms with Crippen molar-refractivity contribution in [2.75, 3.05) is 12.4 Å². The maximum absolute atomic E-state index is 5.59. The van der Waals surface area contributed by atoms with Crippen molar-refractivity contribution in [3.63, 3.8) is 0 Å². The number of hydrogen-bond donors (Lipinski definition) is 1. The molecule has 0 radical (unpaired) electrons. The van der Waals surface area contributed by atoms with Crippen LogP contribution >= 0.6 is 11.3 Å². The molecule has 0 fully saturated rings. The highest BCUT2D eigenvalue weighted by Gasteiger charge is 1.97. The van der Waals surface area contributed by atoms with Gasteiger partial charge in [0.05, 0.1) is 10.4 Å². The lowest BCUT2D eigenvalue weighted by atomic mass is 10.3. The molecule has 2 aromatic rings. The van der Waals surface area contributed by atoms with Crippen LogP contribution in [0.1, 0.15) is 4.88 Å². The van der Waals surface area contributed by atoms with E-state index >= 15 is 0 Å². The quantitative estimate of drug-likeness (QED) is 0.860. The lowest BCUT2D eigenvalue weighted by Crippen LogP contribution is -1.93. The zero-order valence-electron chi connectivity index (χ0n) is 8.43. The Morgan fingerprint density at radius 2 is 2.13 bits per heavy atom. The summed E-state index contributed by atoms with van der Waals surface area (Å²) in [4.78, 5) is 5.12. The summed E-state index contributed by atoms with van der Waals surface area (Å²) in [5, 5.41) is 3.06. The SMILES string of the molecule is CNc1ccc(OCc2cncs2)cc1. The molecule has 2 rings (SSSR count). The topological polar surface area (TPSA) is 34.1 Å². The summed E-state index contributed by atoms with van der Waals surface area (Å²) in [5.41, 5.74) is 2.89. The van der Waals surface area contributed by atoms with Crippen LogP contribution in [0.2, 0.25) is 0 Å². The van der Waals surface area contributed by atoms with Crippen LogP contribution in [0, 0.1) is 0 Å². The van der Waals surface area contributed by atoms with E-state index in [1.54, 1.807) is 11.3 Å². The van der Waals surface area contributed by atoms with E-state index in [2.05, 4.69) is 10.3 Å². The predicted molar refractivity (Wildman–Crippen MR) is 62.4 cm³/mol. The molecule has 0 atom stereocenters. The zero-order valence-corrected chi connectivity index (χ0v) is 9.25. The van der Waals surface area contributed by atoms with E-state index in [0.717, 1.165) is 16.3 Å². The third-order valence-electron chi connectivity index (χ3n) is 2.01. The monoisotopic (exact) mass is 220 g/mol. The highest BCUT2D eigenvalue weighted by molar-refractivity contribution is 7.09. The Hall–Kier alpha value is -1.55. The molecule has 0 unspecified atom stereocenters. The van der Waals surface area contributed by atoms with Crippen molar-refractivity contribution in [2.24, 2.45) is 0 Å². The molecule has 0 aliphatic heterocycles. The van der Waals surface area contributed by atoms with E-state index in [0.29, 0.717) is 6.61 Å². The molecule has 0 saturated heterocycles. The minimum absolute atomic E-state index is 0.587. The summed E-state index contributed by atoms with van der Waals surface area (Å²) < 4.78 is 5.59. The zero-order chi connectivity index (χ0) is 10.5. The standard InChI is InChI=1S/C11H12N2OS/c1-12-9-2-4-10(5-3-9)14-7-11-6-13-8-15-11/h2-6,8,12H,7H2,1H3. The van der Waals surface area contributed by atoms with Gasteiger partial charge in [0.2, 0.25) is 0 Å². The van der Waals surface area contributed by atoms with E-state index in [-0.39, 0.29) is 0 Å². The third kappa shape index (κ3) is 2.70. The average molecular weight is 220 g/mol. The van der Waals surface area contributed by atoms with Crippen molar-refractivity contribution >= 4 is 17.0 Å². The number of nitrogens with one attached hydrogen (secondary N) is 1. The van der Waals surface area contributed by atoms with Gasteiger partial charge in [-0.1, -0.05) is 0 Å². The van der Waals surface area contributed by atoms with E-state index in [9.17, 15) is 0 Å². The first-order valence-electron chi connectivity index (χ1n) is 4.66. The molecule has 1 aromatic carbocycles. The van der Waals surface area contributed by atoms with Crippen LogP contribution in [-0.2, 0) is 6.61 Å². The van der Waals surface area contributed by atoms with Gasteiger partial charge in [0.1, 0.15) is 12.4 Å². The van der Waals surface area contributed by atoms with Gasteiger partial charge in [0, 0.05) is 18.9 Å². The van der Waals surface area contributed by atoms with Gasteiger partial charge in [0.25, 0.3) is 0 Å². The molecule has 0 spiro atoms. The van der Waals surface area contributed by atoms with Gasteiger partial charge < -0.3 is 10.1 Å². The van der Waals surface area contributed by atoms with Crippen molar-refractivity contribution in [2.45, 2.75) is 6.61 Å². The minimum Gasteiger partial charge on any atom is -0.488 e. The number of nitrogens with zero attached hydrogens (tertiary/aromatic N) is 1. The van der Waals surface area contributed by atoms with Crippen LogP contribution in [0.5, 0.6) is 5.75 Å². The second-order valence-corrected chi connectivity index (χ2v) is 4.00. The normalized spacial score (nSPS) is 9.93. The maximum Gasteiger partial charge on any atom is 0.124 e. The van der Waals surface area contributed by atoms with Crippen molar-refractivity contribution in [3.05, 3.63) is 40.8 Å². The van der Waals surface area contributed by atoms with Crippen LogP contribution in [0.4, 0.5) is 5.69 Å². The van der Waals surface area contributed by atoms with Gasteiger partial charge in [-0.25, -0.2) is 0 Å². The fourth-order valence-corrected chi connectivity index (χ4v) is 1.69. The highest BCUT2D eigenvalue weighted by Crippen LogP contribution is 2.17. The molecule has 1 heterocycles. The lowest BCUT2D eigenvalue weighted by molar-refractivity contribution is 0.309. The molecule has 1 N–H and O–H groups in total. The number of benzene rings is 1. The first-order valence-corrected chi connectivity index (χ1v) is 5.54. The fraction of sp³-hybridized carbons (Fsp3) is 0.182. The molecule has 0 aliphatic carbocycles. The summed E-state index contributed by atoms with van der Waals surface area (Å²) in [7, 11) is 1.90. The van der Waals surface area contributed by atoms with Gasteiger partial charge >= 0.3 is 0 Å². The third-order valence-corrected chi connectivity index (χ3v) is 2.76. The second-order valence-electron chi connectivity index (χ2n) is 3.03. The maximum atomic E-state index is 5.59. The van der Waals surface area contributed by atoms with Gasteiger partial charge in [-0.05, 0) is 24.3 Å². The summed E-state index contributed by atoms with van der Waals surface area (Å²) >= 11 is 1.60. The van der Waals surface area contributed by atoms with Crippen LogP contribution in [0.15, 0.2) is 36.0 Å². The van der Waals surface area contributed by atoms with Crippen LogP contribution in [-0.4, -0.2) is 12.0 Å². The Balaban J connectivity index is 1.93. The predicted octanol–water partition coefficient (Wildman–Crippen LogP) is 2.76. The molecule has 4 heteroatoms. The Kier molecular flexibility index (Phi) is 3.19. The number of anilines is 1. The Morgan fingerprint density at radius 3 is 2.73 bits per heavy atom.